The lowest BCUT2D eigenvalue weighted by atomic mass is 10.00. The Morgan fingerprint density at radius 3 is 2.84 bits per heavy atom. The van der Waals surface area contributed by atoms with Crippen LogP contribution >= 0.6 is 0 Å². The number of benzene rings is 1. The standard InChI is InChI=1S/C16H24N2O/c1-2-15-10-6-7-12-18(15)13-11-16(19)17-14-8-4-3-5-9-14/h3-5,8-9,15H,2,6-7,10-13H2,1H3,(H,17,19). The minimum atomic E-state index is 0.117. The van der Waals surface area contributed by atoms with Crippen molar-refractivity contribution in [1.29, 1.82) is 0 Å². The van der Waals surface area contributed by atoms with Crippen molar-refractivity contribution in [1.82, 2.24) is 4.90 Å². The minimum Gasteiger partial charge on any atom is -0.326 e. The van der Waals surface area contributed by atoms with Crippen LogP contribution in [0.15, 0.2) is 30.3 Å². The van der Waals surface area contributed by atoms with Crippen LogP contribution in [0.1, 0.15) is 39.0 Å². The molecule has 1 aliphatic rings. The van der Waals surface area contributed by atoms with Crippen molar-refractivity contribution in [3.63, 3.8) is 0 Å². The Balaban J connectivity index is 1.76. The Hall–Kier alpha value is -1.35. The topological polar surface area (TPSA) is 32.3 Å². The summed E-state index contributed by atoms with van der Waals surface area (Å²) in [5.74, 6) is 0.117. The first-order chi connectivity index (χ1) is 9.29. The SMILES string of the molecule is CCC1CCCCN1CCC(=O)Nc1ccccc1. The highest BCUT2D eigenvalue weighted by Crippen LogP contribution is 2.19. The summed E-state index contributed by atoms with van der Waals surface area (Å²) in [7, 11) is 0. The summed E-state index contributed by atoms with van der Waals surface area (Å²) in [5.41, 5.74) is 0.887. The Morgan fingerprint density at radius 1 is 1.32 bits per heavy atom. The molecule has 0 saturated carbocycles. The first-order valence-electron chi connectivity index (χ1n) is 7.38. The van der Waals surface area contributed by atoms with Gasteiger partial charge < -0.3 is 5.32 Å². The molecule has 1 aromatic rings. The van der Waals surface area contributed by atoms with Gasteiger partial charge in [0, 0.05) is 24.7 Å². The summed E-state index contributed by atoms with van der Waals surface area (Å²) in [6, 6.07) is 10.4. The van der Waals surface area contributed by atoms with Gasteiger partial charge in [0.15, 0.2) is 0 Å². The first-order valence-corrected chi connectivity index (χ1v) is 7.38. The number of likely N-dealkylation sites (tertiary alicyclic amines) is 1. The van der Waals surface area contributed by atoms with Gasteiger partial charge in [-0.1, -0.05) is 31.5 Å². The molecule has 1 atom stereocenters. The Kier molecular flexibility index (Phi) is 5.40. The molecule has 1 unspecified atom stereocenters. The van der Waals surface area contributed by atoms with E-state index in [2.05, 4.69) is 17.1 Å². The van der Waals surface area contributed by atoms with E-state index < -0.39 is 0 Å². The predicted octanol–water partition coefficient (Wildman–Crippen LogP) is 3.28. The van der Waals surface area contributed by atoms with E-state index in [1.54, 1.807) is 0 Å². The number of nitrogens with zero attached hydrogens (tertiary/aromatic N) is 1. The van der Waals surface area contributed by atoms with E-state index in [9.17, 15) is 4.79 Å². The van der Waals surface area contributed by atoms with E-state index >= 15 is 0 Å². The monoisotopic (exact) mass is 260 g/mol. The Morgan fingerprint density at radius 2 is 2.11 bits per heavy atom. The number of anilines is 1. The van der Waals surface area contributed by atoms with Gasteiger partial charge in [0.1, 0.15) is 0 Å². The van der Waals surface area contributed by atoms with E-state index in [1.165, 1.54) is 25.7 Å². The van der Waals surface area contributed by atoms with Crippen LogP contribution in [0, 0.1) is 0 Å². The van der Waals surface area contributed by atoms with Crippen LogP contribution in [0.25, 0.3) is 0 Å². The lowest BCUT2D eigenvalue weighted by Gasteiger charge is -2.35. The number of carbonyl (C=O) groups is 1. The molecule has 3 nitrogen and oxygen atoms in total. The molecule has 0 bridgehead atoms. The summed E-state index contributed by atoms with van der Waals surface area (Å²) in [6.07, 6.45) is 5.69. The molecule has 19 heavy (non-hydrogen) atoms. The van der Waals surface area contributed by atoms with Crippen LogP contribution in [0.4, 0.5) is 5.69 Å². The van der Waals surface area contributed by atoms with Crippen molar-refractivity contribution in [2.45, 2.75) is 45.1 Å². The molecule has 1 fully saturated rings. The van der Waals surface area contributed by atoms with Crippen molar-refractivity contribution in [3.05, 3.63) is 30.3 Å². The molecule has 1 heterocycles. The van der Waals surface area contributed by atoms with Gasteiger partial charge in [0.05, 0.1) is 0 Å². The highest BCUT2D eigenvalue weighted by molar-refractivity contribution is 5.90. The van der Waals surface area contributed by atoms with Gasteiger partial charge >= 0.3 is 0 Å². The number of nitrogens with one attached hydrogen (secondary N) is 1. The van der Waals surface area contributed by atoms with Crippen molar-refractivity contribution in [3.8, 4) is 0 Å². The van der Waals surface area contributed by atoms with Crippen LogP contribution in [-0.2, 0) is 4.79 Å². The second kappa shape index (κ2) is 7.29. The maximum absolute atomic E-state index is 11.9. The normalized spacial score (nSPS) is 20.2. The van der Waals surface area contributed by atoms with Crippen molar-refractivity contribution in [2.24, 2.45) is 0 Å². The predicted molar refractivity (Wildman–Crippen MR) is 79.2 cm³/mol. The quantitative estimate of drug-likeness (QED) is 0.881. The number of carbonyl (C=O) groups excluding carboxylic acids is 1. The summed E-state index contributed by atoms with van der Waals surface area (Å²) in [4.78, 5) is 14.4. The largest absolute Gasteiger partial charge is 0.326 e. The number of hydrogen-bond donors (Lipinski definition) is 1. The summed E-state index contributed by atoms with van der Waals surface area (Å²) >= 11 is 0. The molecule has 2 rings (SSSR count). The first kappa shape index (κ1) is 14.1. The Bertz CT molecular complexity index is 391. The van der Waals surface area contributed by atoms with Crippen molar-refractivity contribution >= 4 is 11.6 Å². The molecule has 1 saturated heterocycles. The molecule has 1 N–H and O–H groups in total. The van der Waals surface area contributed by atoms with Gasteiger partial charge in [-0.15, -0.1) is 0 Å². The summed E-state index contributed by atoms with van der Waals surface area (Å²) in [6.45, 7) is 4.28. The zero-order valence-electron chi connectivity index (χ0n) is 11.8. The molecular formula is C16H24N2O. The van der Waals surface area contributed by atoms with Gasteiger partial charge in [-0.3, -0.25) is 9.69 Å². The fraction of sp³-hybridized carbons (Fsp3) is 0.562. The van der Waals surface area contributed by atoms with Crippen LogP contribution in [0.3, 0.4) is 0 Å². The van der Waals surface area contributed by atoms with E-state index in [4.69, 9.17) is 0 Å². The molecule has 0 aromatic heterocycles. The van der Waals surface area contributed by atoms with Gasteiger partial charge in [-0.05, 0) is 37.9 Å². The van der Waals surface area contributed by atoms with Crippen LogP contribution in [0.2, 0.25) is 0 Å². The molecule has 0 radical (unpaired) electrons. The zero-order chi connectivity index (χ0) is 13.5. The second-order valence-corrected chi connectivity index (χ2v) is 5.26. The van der Waals surface area contributed by atoms with Gasteiger partial charge in [-0.2, -0.15) is 0 Å². The number of para-hydroxylation sites is 1. The van der Waals surface area contributed by atoms with Gasteiger partial charge in [-0.25, -0.2) is 0 Å². The molecule has 104 valence electrons. The number of hydrogen-bond acceptors (Lipinski definition) is 2. The summed E-state index contributed by atoms with van der Waals surface area (Å²) < 4.78 is 0. The number of amides is 1. The minimum absolute atomic E-state index is 0.117. The lowest BCUT2D eigenvalue weighted by molar-refractivity contribution is -0.116. The Labute approximate surface area is 116 Å². The van der Waals surface area contributed by atoms with Crippen molar-refractivity contribution < 1.29 is 4.79 Å². The van der Waals surface area contributed by atoms with Gasteiger partial charge in [0.25, 0.3) is 0 Å². The van der Waals surface area contributed by atoms with Gasteiger partial charge in [0.2, 0.25) is 5.91 Å². The number of piperidine rings is 1. The zero-order valence-corrected chi connectivity index (χ0v) is 11.8. The molecule has 0 spiro atoms. The molecule has 1 amide bonds. The van der Waals surface area contributed by atoms with Crippen LogP contribution in [-0.4, -0.2) is 29.9 Å². The maximum Gasteiger partial charge on any atom is 0.225 e. The average molecular weight is 260 g/mol. The molecule has 1 aromatic carbocycles. The third kappa shape index (κ3) is 4.35. The molecule has 1 aliphatic heterocycles. The smallest absolute Gasteiger partial charge is 0.225 e. The summed E-state index contributed by atoms with van der Waals surface area (Å²) in [5, 5.41) is 2.95. The third-order valence-electron chi connectivity index (χ3n) is 3.90. The third-order valence-corrected chi connectivity index (χ3v) is 3.90. The highest BCUT2D eigenvalue weighted by Gasteiger charge is 2.20. The average Bonchev–Trinajstić information content (AvgIpc) is 2.46. The highest BCUT2D eigenvalue weighted by atomic mass is 16.1. The second-order valence-electron chi connectivity index (χ2n) is 5.26. The molecule has 0 aliphatic carbocycles. The maximum atomic E-state index is 11.9. The van der Waals surface area contributed by atoms with E-state index in [0.717, 1.165) is 18.8 Å². The molecule has 3 heteroatoms. The number of rotatable bonds is 5. The fourth-order valence-corrected chi connectivity index (χ4v) is 2.81. The van der Waals surface area contributed by atoms with Crippen LogP contribution < -0.4 is 5.32 Å². The van der Waals surface area contributed by atoms with Crippen molar-refractivity contribution in [2.75, 3.05) is 18.4 Å². The van der Waals surface area contributed by atoms with E-state index in [-0.39, 0.29) is 5.91 Å². The van der Waals surface area contributed by atoms with E-state index in [1.807, 2.05) is 30.3 Å². The van der Waals surface area contributed by atoms with E-state index in [0.29, 0.717) is 12.5 Å². The van der Waals surface area contributed by atoms with Crippen LogP contribution in [0.5, 0.6) is 0 Å². The lowest BCUT2D eigenvalue weighted by Crippen LogP contribution is -2.40. The molecular weight excluding hydrogens is 236 g/mol. The fourth-order valence-electron chi connectivity index (χ4n) is 2.81.